The average Bonchev–Trinajstić information content (AvgIpc) is 3.01. The number of carbonyl (C=O) groups is 4. The Morgan fingerprint density at radius 3 is 2.58 bits per heavy atom. The molecule has 31 heavy (non-hydrogen) atoms. The molecule has 0 saturated carbocycles. The van der Waals surface area contributed by atoms with E-state index in [-0.39, 0.29) is 38.4 Å². The van der Waals surface area contributed by atoms with Gasteiger partial charge in [0, 0.05) is 17.5 Å². The highest BCUT2D eigenvalue weighted by atomic mass is 16.6. The molecule has 3 N–H and O–H groups in total. The maximum atomic E-state index is 12.8. The lowest BCUT2D eigenvalue weighted by Crippen LogP contribution is -2.45. The highest BCUT2D eigenvalue weighted by molar-refractivity contribution is 6.01. The molecule has 0 spiro atoms. The molecule has 0 aliphatic carbocycles. The summed E-state index contributed by atoms with van der Waals surface area (Å²) in [5.41, 5.74) is 5.91. The van der Waals surface area contributed by atoms with Gasteiger partial charge in [-0.25, -0.2) is 4.79 Å². The largest absolute Gasteiger partial charge is 0.491 e. The van der Waals surface area contributed by atoms with Crippen molar-refractivity contribution in [1.29, 1.82) is 0 Å². The third-order valence-electron chi connectivity index (χ3n) is 4.53. The number of rotatable bonds is 9. The summed E-state index contributed by atoms with van der Waals surface area (Å²) in [7, 11) is 1.25. The number of amides is 3. The molecular formula is C21H29N3O7. The van der Waals surface area contributed by atoms with Crippen LogP contribution in [0.1, 0.15) is 49.5 Å². The summed E-state index contributed by atoms with van der Waals surface area (Å²) in [5, 5.41) is 2.59. The molecule has 0 aromatic heterocycles. The number of carbonyl (C=O) groups excluding carboxylic acids is 4. The van der Waals surface area contributed by atoms with E-state index in [2.05, 4.69) is 10.1 Å². The summed E-state index contributed by atoms with van der Waals surface area (Å²) in [6.45, 7) is 5.79. The van der Waals surface area contributed by atoms with Crippen LogP contribution < -0.4 is 15.8 Å². The van der Waals surface area contributed by atoms with Gasteiger partial charge in [0.2, 0.25) is 5.91 Å². The lowest BCUT2D eigenvalue weighted by atomic mass is 10.1. The number of ether oxygens (including phenoxy) is 3. The number of fused-ring (bicyclic) bond motifs is 1. The molecule has 1 aliphatic heterocycles. The van der Waals surface area contributed by atoms with Crippen molar-refractivity contribution >= 4 is 23.9 Å². The Morgan fingerprint density at radius 2 is 1.97 bits per heavy atom. The van der Waals surface area contributed by atoms with Crippen LogP contribution in [0.15, 0.2) is 18.2 Å². The molecule has 1 aromatic rings. The van der Waals surface area contributed by atoms with Crippen molar-refractivity contribution in [3.63, 3.8) is 0 Å². The topological polar surface area (TPSA) is 137 Å². The van der Waals surface area contributed by atoms with Gasteiger partial charge in [0.1, 0.15) is 24.0 Å². The van der Waals surface area contributed by atoms with E-state index in [0.29, 0.717) is 16.9 Å². The van der Waals surface area contributed by atoms with Crippen molar-refractivity contribution in [1.82, 2.24) is 10.2 Å². The first-order valence-electron chi connectivity index (χ1n) is 9.92. The number of hydrogen-bond acceptors (Lipinski definition) is 7. The van der Waals surface area contributed by atoms with Gasteiger partial charge in [-0.2, -0.15) is 0 Å². The monoisotopic (exact) mass is 435 g/mol. The first kappa shape index (κ1) is 24.0. The van der Waals surface area contributed by atoms with Crippen molar-refractivity contribution in [2.24, 2.45) is 5.73 Å². The lowest BCUT2D eigenvalue weighted by Gasteiger charge is -2.24. The predicted octanol–water partition coefficient (Wildman–Crippen LogP) is 1.35. The fourth-order valence-electron chi connectivity index (χ4n) is 3.15. The van der Waals surface area contributed by atoms with Crippen LogP contribution in [0.5, 0.6) is 5.75 Å². The molecule has 3 amide bonds. The molecule has 0 saturated heterocycles. The number of nitrogens with one attached hydrogen (secondary N) is 1. The smallest absolute Gasteiger partial charge is 0.407 e. The summed E-state index contributed by atoms with van der Waals surface area (Å²) in [4.78, 5) is 49.2. The summed E-state index contributed by atoms with van der Waals surface area (Å²) >= 11 is 0. The molecule has 1 aromatic carbocycles. The number of methoxy groups -OCH3 is 1. The maximum absolute atomic E-state index is 12.8. The van der Waals surface area contributed by atoms with E-state index in [4.69, 9.17) is 15.2 Å². The van der Waals surface area contributed by atoms with Crippen LogP contribution in [0.2, 0.25) is 0 Å². The maximum Gasteiger partial charge on any atom is 0.407 e. The quantitative estimate of drug-likeness (QED) is 0.441. The van der Waals surface area contributed by atoms with E-state index < -0.39 is 29.6 Å². The molecule has 2 rings (SSSR count). The fraction of sp³-hybridized carbons (Fsp3) is 0.524. The third kappa shape index (κ3) is 6.59. The summed E-state index contributed by atoms with van der Waals surface area (Å²) < 4.78 is 15.5. The van der Waals surface area contributed by atoms with Crippen LogP contribution in [0, 0.1) is 0 Å². The van der Waals surface area contributed by atoms with Crippen molar-refractivity contribution in [3.8, 4) is 5.75 Å². The SMILES string of the molecule is COC(=O)CCC(C(N)=O)N1Cc2c(OCCNC(=O)OC(C)(C)C)cccc2C1=O. The second-order valence-corrected chi connectivity index (χ2v) is 8.03. The molecule has 0 fully saturated rings. The van der Waals surface area contributed by atoms with E-state index >= 15 is 0 Å². The third-order valence-corrected chi connectivity index (χ3v) is 4.53. The first-order chi connectivity index (χ1) is 14.5. The summed E-state index contributed by atoms with van der Waals surface area (Å²) in [6.07, 6.45) is -0.521. The standard InChI is InChI=1S/C21H29N3O7/c1-21(2,3)31-20(28)23-10-11-30-16-7-5-6-13-14(16)12-24(19(13)27)15(18(22)26)8-9-17(25)29-4/h5-7,15H,8-12H2,1-4H3,(H2,22,26)(H,23,28). The highest BCUT2D eigenvalue weighted by Gasteiger charge is 2.37. The van der Waals surface area contributed by atoms with E-state index in [1.807, 2.05) is 0 Å². The molecule has 10 heteroatoms. The van der Waals surface area contributed by atoms with Crippen molar-refractivity contribution < 1.29 is 33.4 Å². The van der Waals surface area contributed by atoms with E-state index in [1.54, 1.807) is 39.0 Å². The summed E-state index contributed by atoms with van der Waals surface area (Å²) in [6, 6.07) is 4.07. The number of esters is 1. The molecule has 10 nitrogen and oxygen atoms in total. The minimum absolute atomic E-state index is 0.0378. The van der Waals surface area contributed by atoms with Gasteiger partial charge in [0.05, 0.1) is 20.2 Å². The van der Waals surface area contributed by atoms with Gasteiger partial charge in [-0.05, 0) is 39.3 Å². The van der Waals surface area contributed by atoms with Gasteiger partial charge in [0.25, 0.3) is 5.91 Å². The van der Waals surface area contributed by atoms with Gasteiger partial charge in [-0.3, -0.25) is 14.4 Å². The Bertz CT molecular complexity index is 848. The minimum atomic E-state index is -0.944. The van der Waals surface area contributed by atoms with Crippen LogP contribution in [-0.2, 0) is 25.6 Å². The van der Waals surface area contributed by atoms with E-state index in [0.717, 1.165) is 0 Å². The van der Waals surface area contributed by atoms with Crippen LogP contribution in [0.4, 0.5) is 4.79 Å². The second kappa shape index (κ2) is 10.1. The van der Waals surface area contributed by atoms with Crippen molar-refractivity contribution in [3.05, 3.63) is 29.3 Å². The molecule has 1 unspecified atom stereocenters. The minimum Gasteiger partial charge on any atom is -0.491 e. The Labute approximate surface area is 181 Å². The summed E-state index contributed by atoms with van der Waals surface area (Å²) in [5.74, 6) is -1.08. The molecule has 1 aliphatic rings. The van der Waals surface area contributed by atoms with Gasteiger partial charge < -0.3 is 30.2 Å². The van der Waals surface area contributed by atoms with Gasteiger partial charge in [-0.1, -0.05) is 6.07 Å². The Balaban J connectivity index is 2.01. The van der Waals surface area contributed by atoms with E-state index in [9.17, 15) is 19.2 Å². The number of benzene rings is 1. The van der Waals surface area contributed by atoms with Crippen LogP contribution >= 0.6 is 0 Å². The number of alkyl carbamates (subject to hydrolysis) is 1. The van der Waals surface area contributed by atoms with Crippen molar-refractivity contribution in [2.45, 2.75) is 51.8 Å². The number of primary amides is 1. The van der Waals surface area contributed by atoms with Gasteiger partial charge in [0.15, 0.2) is 0 Å². The van der Waals surface area contributed by atoms with Crippen LogP contribution in [0.25, 0.3) is 0 Å². The van der Waals surface area contributed by atoms with Gasteiger partial charge >= 0.3 is 12.1 Å². The van der Waals surface area contributed by atoms with Gasteiger partial charge in [-0.15, -0.1) is 0 Å². The first-order valence-corrected chi connectivity index (χ1v) is 9.92. The molecule has 1 heterocycles. The predicted molar refractivity (Wildman–Crippen MR) is 110 cm³/mol. The van der Waals surface area contributed by atoms with Crippen molar-refractivity contribution in [2.75, 3.05) is 20.3 Å². The molecule has 1 atom stereocenters. The number of nitrogens with zero attached hydrogens (tertiary/aromatic N) is 1. The molecular weight excluding hydrogens is 406 g/mol. The normalized spacial score (nSPS) is 13.9. The molecule has 170 valence electrons. The second-order valence-electron chi connectivity index (χ2n) is 8.03. The molecule has 0 bridgehead atoms. The highest BCUT2D eigenvalue weighted by Crippen LogP contribution is 2.32. The fourth-order valence-corrected chi connectivity index (χ4v) is 3.15. The van der Waals surface area contributed by atoms with E-state index in [1.165, 1.54) is 12.0 Å². The Hall–Kier alpha value is -3.30. The zero-order valence-corrected chi connectivity index (χ0v) is 18.2. The van der Waals surface area contributed by atoms with Crippen LogP contribution in [-0.4, -0.2) is 60.7 Å². The average molecular weight is 435 g/mol. The number of nitrogens with two attached hydrogens (primary N) is 1. The molecule has 0 radical (unpaired) electrons. The zero-order chi connectivity index (χ0) is 23.2. The Morgan fingerprint density at radius 1 is 1.26 bits per heavy atom. The van der Waals surface area contributed by atoms with Crippen LogP contribution in [0.3, 0.4) is 0 Å². The lowest BCUT2D eigenvalue weighted by molar-refractivity contribution is -0.141. The Kier molecular flexibility index (Phi) is 7.84. The zero-order valence-electron chi connectivity index (χ0n) is 18.2. The number of hydrogen-bond donors (Lipinski definition) is 2.